The van der Waals surface area contributed by atoms with Crippen LogP contribution in [0.3, 0.4) is 0 Å². The average Bonchev–Trinajstić information content (AvgIpc) is 2.38. The first-order chi connectivity index (χ1) is 9.08. The monoisotopic (exact) mass is 267 g/mol. The van der Waals surface area contributed by atoms with Gasteiger partial charge < -0.3 is 15.0 Å². The van der Waals surface area contributed by atoms with Crippen molar-refractivity contribution in [2.24, 2.45) is 0 Å². The molecule has 0 aliphatic carbocycles. The summed E-state index contributed by atoms with van der Waals surface area (Å²) in [6.07, 6.45) is 2.63. The van der Waals surface area contributed by atoms with Crippen molar-refractivity contribution in [1.82, 2.24) is 9.47 Å². The number of anilines is 1. The number of rotatable bonds is 8. The summed E-state index contributed by atoms with van der Waals surface area (Å²) in [5.74, 6) is 0. The molecule has 0 aliphatic heterocycles. The lowest BCUT2D eigenvalue weighted by Crippen LogP contribution is -2.37. The molecule has 0 saturated carbocycles. The van der Waals surface area contributed by atoms with Crippen LogP contribution in [0.5, 0.6) is 0 Å². The highest BCUT2D eigenvalue weighted by Gasteiger charge is 2.11. The molecule has 5 heteroatoms. The molecule has 1 aromatic heterocycles. The van der Waals surface area contributed by atoms with Gasteiger partial charge in [0.05, 0.1) is 6.61 Å². The van der Waals surface area contributed by atoms with Crippen molar-refractivity contribution >= 4 is 5.69 Å². The average molecular weight is 267 g/mol. The van der Waals surface area contributed by atoms with Gasteiger partial charge in [0.15, 0.2) is 0 Å². The van der Waals surface area contributed by atoms with Crippen LogP contribution in [0, 0.1) is 0 Å². The molecule has 1 aromatic rings. The minimum atomic E-state index is 0.00203. The molecule has 0 amide bonds. The first-order valence-electron chi connectivity index (χ1n) is 6.77. The lowest BCUT2D eigenvalue weighted by molar-refractivity contribution is 0.101. The number of ether oxygens (including phenoxy) is 1. The fraction of sp³-hybridized carbons (Fsp3) is 0.643. The zero-order valence-electron chi connectivity index (χ0n) is 12.1. The van der Waals surface area contributed by atoms with E-state index in [9.17, 15) is 4.79 Å². The lowest BCUT2D eigenvalue weighted by atomic mass is 10.2. The second-order valence-electron chi connectivity index (χ2n) is 4.78. The predicted molar refractivity (Wildman–Crippen MR) is 78.3 cm³/mol. The molecule has 5 nitrogen and oxygen atoms in total. The zero-order valence-corrected chi connectivity index (χ0v) is 12.1. The molecule has 1 atom stereocenters. The van der Waals surface area contributed by atoms with Gasteiger partial charge in [-0.25, -0.2) is 0 Å². The normalized spacial score (nSPS) is 12.8. The number of aryl methyl sites for hydroxylation is 1. The van der Waals surface area contributed by atoms with Crippen molar-refractivity contribution in [1.29, 1.82) is 0 Å². The van der Waals surface area contributed by atoms with Gasteiger partial charge in [-0.15, -0.1) is 0 Å². The number of aromatic nitrogens is 1. The minimum Gasteiger partial charge on any atom is -0.398 e. The van der Waals surface area contributed by atoms with Crippen molar-refractivity contribution in [3.8, 4) is 0 Å². The van der Waals surface area contributed by atoms with E-state index in [0.717, 1.165) is 26.1 Å². The van der Waals surface area contributed by atoms with Crippen LogP contribution in [-0.4, -0.2) is 42.3 Å². The Morgan fingerprint density at radius 1 is 1.47 bits per heavy atom. The van der Waals surface area contributed by atoms with Crippen molar-refractivity contribution in [3.05, 3.63) is 28.7 Å². The van der Waals surface area contributed by atoms with Gasteiger partial charge in [0.25, 0.3) is 5.56 Å². The fourth-order valence-corrected chi connectivity index (χ4v) is 2.21. The van der Waals surface area contributed by atoms with E-state index in [4.69, 9.17) is 10.5 Å². The molecule has 0 bridgehead atoms. The maximum Gasteiger partial charge on any atom is 0.250 e. The Morgan fingerprint density at radius 2 is 2.21 bits per heavy atom. The van der Waals surface area contributed by atoms with E-state index in [1.165, 1.54) is 6.07 Å². The van der Waals surface area contributed by atoms with Crippen LogP contribution in [0.25, 0.3) is 0 Å². The largest absolute Gasteiger partial charge is 0.398 e. The number of likely N-dealkylation sites (N-methyl/N-ethyl adjacent to an activating group) is 1. The highest BCUT2D eigenvalue weighted by molar-refractivity contribution is 5.33. The highest BCUT2D eigenvalue weighted by Crippen LogP contribution is 2.02. The number of nitrogens with zero attached hydrogens (tertiary/aromatic N) is 2. The Morgan fingerprint density at radius 3 is 2.84 bits per heavy atom. The summed E-state index contributed by atoms with van der Waals surface area (Å²) in [6.45, 7) is 7.64. The first kappa shape index (κ1) is 15.7. The number of hydrogen-bond acceptors (Lipinski definition) is 4. The van der Waals surface area contributed by atoms with Crippen molar-refractivity contribution in [2.75, 3.05) is 32.5 Å². The Hall–Kier alpha value is -1.33. The van der Waals surface area contributed by atoms with E-state index >= 15 is 0 Å². The van der Waals surface area contributed by atoms with Crippen molar-refractivity contribution in [3.63, 3.8) is 0 Å². The van der Waals surface area contributed by atoms with Crippen LogP contribution in [0.2, 0.25) is 0 Å². The highest BCUT2D eigenvalue weighted by atomic mass is 16.5. The van der Waals surface area contributed by atoms with Crippen molar-refractivity contribution < 1.29 is 4.74 Å². The second-order valence-corrected chi connectivity index (χ2v) is 4.78. The van der Waals surface area contributed by atoms with E-state index in [-0.39, 0.29) is 5.56 Å². The second kappa shape index (κ2) is 7.96. The van der Waals surface area contributed by atoms with Gasteiger partial charge in [0, 0.05) is 44.2 Å². The molecule has 1 rings (SSSR count). The maximum atomic E-state index is 11.6. The molecule has 19 heavy (non-hydrogen) atoms. The summed E-state index contributed by atoms with van der Waals surface area (Å²) in [6, 6.07) is 3.55. The van der Waals surface area contributed by atoms with Gasteiger partial charge in [-0.1, -0.05) is 6.92 Å². The summed E-state index contributed by atoms with van der Waals surface area (Å²) < 4.78 is 6.84. The van der Waals surface area contributed by atoms with E-state index in [1.807, 2.05) is 0 Å². The standard InChI is InChI=1S/C14H25N3O2/c1-4-16(12(2)11-19-3)8-5-9-17-10-13(15)6-7-14(17)18/h6-7,10,12H,4-5,8-9,11,15H2,1-3H3. The predicted octanol–water partition coefficient (Wildman–Crippen LogP) is 1.18. The van der Waals surface area contributed by atoms with Gasteiger partial charge in [0.1, 0.15) is 0 Å². The molecule has 0 fully saturated rings. The quantitative estimate of drug-likeness (QED) is 0.768. The van der Waals surface area contributed by atoms with Gasteiger partial charge in [-0.2, -0.15) is 0 Å². The SMILES string of the molecule is CCN(CCCn1cc(N)ccc1=O)C(C)COC. The molecular formula is C14H25N3O2. The van der Waals surface area contributed by atoms with Crippen LogP contribution in [0.4, 0.5) is 5.69 Å². The first-order valence-corrected chi connectivity index (χ1v) is 6.77. The van der Waals surface area contributed by atoms with E-state index in [1.54, 1.807) is 23.9 Å². The molecule has 0 aromatic carbocycles. The molecule has 108 valence electrons. The van der Waals surface area contributed by atoms with Gasteiger partial charge in [-0.3, -0.25) is 9.69 Å². The Labute approximate surface area is 115 Å². The number of nitrogen functional groups attached to an aromatic ring is 1. The van der Waals surface area contributed by atoms with E-state index < -0.39 is 0 Å². The summed E-state index contributed by atoms with van der Waals surface area (Å²) in [5, 5.41) is 0. The fourth-order valence-electron chi connectivity index (χ4n) is 2.21. The van der Waals surface area contributed by atoms with E-state index in [2.05, 4.69) is 18.7 Å². The third kappa shape index (κ3) is 5.04. The number of methoxy groups -OCH3 is 1. The summed E-state index contributed by atoms with van der Waals surface area (Å²) in [7, 11) is 1.72. The van der Waals surface area contributed by atoms with E-state index in [0.29, 0.717) is 18.3 Å². The number of pyridine rings is 1. The topological polar surface area (TPSA) is 60.5 Å². The third-order valence-corrected chi connectivity index (χ3v) is 3.29. The Bertz CT molecular complexity index is 431. The molecule has 2 N–H and O–H groups in total. The minimum absolute atomic E-state index is 0.00203. The lowest BCUT2D eigenvalue weighted by Gasteiger charge is -2.27. The Balaban J connectivity index is 2.48. The molecule has 0 spiro atoms. The third-order valence-electron chi connectivity index (χ3n) is 3.29. The molecule has 0 aliphatic rings. The zero-order chi connectivity index (χ0) is 14.3. The van der Waals surface area contributed by atoms with Crippen LogP contribution >= 0.6 is 0 Å². The Kier molecular flexibility index (Phi) is 6.59. The summed E-state index contributed by atoms with van der Waals surface area (Å²) >= 11 is 0. The summed E-state index contributed by atoms with van der Waals surface area (Å²) in [5.41, 5.74) is 6.31. The molecular weight excluding hydrogens is 242 g/mol. The van der Waals surface area contributed by atoms with Crippen molar-refractivity contribution in [2.45, 2.75) is 32.9 Å². The number of nitrogens with two attached hydrogens (primary N) is 1. The maximum absolute atomic E-state index is 11.6. The molecule has 0 radical (unpaired) electrons. The molecule has 1 heterocycles. The van der Waals surface area contributed by atoms with Gasteiger partial charge in [0.2, 0.25) is 0 Å². The smallest absolute Gasteiger partial charge is 0.250 e. The number of hydrogen-bond donors (Lipinski definition) is 1. The van der Waals surface area contributed by atoms with Crippen LogP contribution in [0.15, 0.2) is 23.1 Å². The van der Waals surface area contributed by atoms with Crippen LogP contribution in [0.1, 0.15) is 20.3 Å². The van der Waals surface area contributed by atoms with Gasteiger partial charge in [-0.05, 0) is 26.0 Å². The molecule has 0 saturated heterocycles. The van der Waals surface area contributed by atoms with Crippen LogP contribution in [-0.2, 0) is 11.3 Å². The van der Waals surface area contributed by atoms with Gasteiger partial charge >= 0.3 is 0 Å². The summed E-state index contributed by atoms with van der Waals surface area (Å²) in [4.78, 5) is 14.0. The van der Waals surface area contributed by atoms with Crippen LogP contribution < -0.4 is 11.3 Å². The molecule has 1 unspecified atom stereocenters.